The average Bonchev–Trinajstić information content (AvgIpc) is 3.19. The number of hydrogen-bond acceptors (Lipinski definition) is 4. The first-order valence-electron chi connectivity index (χ1n) is 8.47. The van der Waals surface area contributed by atoms with Gasteiger partial charge in [-0.3, -0.25) is 9.35 Å². The van der Waals surface area contributed by atoms with Gasteiger partial charge in [0.2, 0.25) is 0 Å². The van der Waals surface area contributed by atoms with E-state index in [1.54, 1.807) is 59.4 Å². The van der Waals surface area contributed by atoms with Gasteiger partial charge in [0.15, 0.2) is 0 Å². The van der Waals surface area contributed by atoms with Crippen LogP contribution in [0.1, 0.15) is 11.1 Å². The number of methoxy groups -OCH3 is 1. The van der Waals surface area contributed by atoms with Crippen LogP contribution in [0.5, 0.6) is 0 Å². The molecular formula is C20H18ClN3O4S. The molecule has 1 unspecified atom stereocenters. The van der Waals surface area contributed by atoms with Crippen LogP contribution in [0.4, 0.5) is 11.4 Å². The van der Waals surface area contributed by atoms with E-state index in [9.17, 15) is 13.6 Å². The monoisotopic (exact) mass is 431 g/mol. The van der Waals surface area contributed by atoms with E-state index >= 15 is 0 Å². The van der Waals surface area contributed by atoms with E-state index in [4.69, 9.17) is 16.3 Å². The van der Waals surface area contributed by atoms with E-state index in [0.717, 1.165) is 11.3 Å². The number of nitrogens with zero attached hydrogens (tertiary/aromatic N) is 3. The molecule has 1 heterocycles. The number of carbonyl (C=O) groups is 1. The van der Waals surface area contributed by atoms with Gasteiger partial charge in [0.1, 0.15) is 0 Å². The van der Waals surface area contributed by atoms with Crippen molar-refractivity contribution in [1.29, 1.82) is 0 Å². The first-order chi connectivity index (χ1) is 13.9. The van der Waals surface area contributed by atoms with Crippen molar-refractivity contribution < 1.29 is 18.3 Å². The average molecular weight is 432 g/mol. The summed E-state index contributed by atoms with van der Waals surface area (Å²) in [6, 6.07) is 12.1. The normalized spacial score (nSPS) is 11.7. The topological polar surface area (TPSA) is 84.7 Å². The van der Waals surface area contributed by atoms with E-state index in [2.05, 4.69) is 11.7 Å². The standard InChI is InChI=1S/C20H18ClN3O4S/c1-3-14-4-9-19(15(10-14)11-20(25)28-2)24(29(26)27)18-12-22-23(13-18)17-7-5-16(21)6-8-17/h3-10,12-13H,1,11H2,2H3,(H,26,27). The van der Waals surface area contributed by atoms with Gasteiger partial charge < -0.3 is 4.74 Å². The third-order valence-electron chi connectivity index (χ3n) is 4.17. The molecule has 0 aliphatic heterocycles. The molecule has 3 rings (SSSR count). The van der Waals surface area contributed by atoms with E-state index < -0.39 is 17.2 Å². The first kappa shape index (κ1) is 20.8. The van der Waals surface area contributed by atoms with E-state index in [0.29, 0.717) is 22.0 Å². The number of ether oxygens (including phenoxy) is 1. The van der Waals surface area contributed by atoms with Gasteiger partial charge in [-0.1, -0.05) is 30.3 Å². The Balaban J connectivity index is 2.05. The maximum absolute atomic E-state index is 12.2. The highest BCUT2D eigenvalue weighted by atomic mass is 35.5. The van der Waals surface area contributed by atoms with Crippen LogP contribution in [-0.2, 0) is 27.2 Å². The maximum atomic E-state index is 12.2. The van der Waals surface area contributed by atoms with Crippen LogP contribution in [0.15, 0.2) is 61.4 Å². The fourth-order valence-electron chi connectivity index (χ4n) is 2.77. The van der Waals surface area contributed by atoms with Crippen LogP contribution < -0.4 is 4.31 Å². The van der Waals surface area contributed by atoms with Crippen molar-refractivity contribution in [3.8, 4) is 5.69 Å². The molecule has 150 valence electrons. The van der Waals surface area contributed by atoms with Crippen LogP contribution in [-0.4, -0.2) is 31.6 Å². The van der Waals surface area contributed by atoms with Crippen molar-refractivity contribution in [2.75, 3.05) is 11.4 Å². The van der Waals surface area contributed by atoms with Crippen molar-refractivity contribution in [1.82, 2.24) is 9.78 Å². The summed E-state index contributed by atoms with van der Waals surface area (Å²) in [5, 5.41) is 4.86. The largest absolute Gasteiger partial charge is 0.469 e. The molecule has 9 heteroatoms. The minimum absolute atomic E-state index is 0.0630. The maximum Gasteiger partial charge on any atom is 0.310 e. The molecule has 29 heavy (non-hydrogen) atoms. The Morgan fingerprint density at radius 2 is 2.07 bits per heavy atom. The third kappa shape index (κ3) is 4.73. The third-order valence-corrected chi connectivity index (χ3v) is 5.14. The summed E-state index contributed by atoms with van der Waals surface area (Å²) in [6.45, 7) is 3.72. The molecule has 0 aliphatic rings. The van der Waals surface area contributed by atoms with Crippen molar-refractivity contribution in [2.24, 2.45) is 0 Å². The van der Waals surface area contributed by atoms with Gasteiger partial charge >= 0.3 is 5.97 Å². The minimum Gasteiger partial charge on any atom is -0.469 e. The number of halogens is 1. The van der Waals surface area contributed by atoms with E-state index in [1.165, 1.54) is 17.6 Å². The zero-order chi connectivity index (χ0) is 21.0. The predicted molar refractivity (Wildman–Crippen MR) is 114 cm³/mol. The summed E-state index contributed by atoms with van der Waals surface area (Å²) in [6.07, 6.45) is 4.64. The van der Waals surface area contributed by atoms with Crippen LogP contribution in [0.2, 0.25) is 5.02 Å². The molecule has 0 spiro atoms. The molecule has 0 radical (unpaired) electrons. The molecule has 2 aromatic carbocycles. The Hall–Kier alpha value is -2.94. The van der Waals surface area contributed by atoms with Gasteiger partial charge in [-0.25, -0.2) is 13.2 Å². The highest BCUT2D eigenvalue weighted by molar-refractivity contribution is 7.81. The summed E-state index contributed by atoms with van der Waals surface area (Å²) in [5.41, 5.74) is 2.79. The summed E-state index contributed by atoms with van der Waals surface area (Å²) >= 11 is 3.51. The highest BCUT2D eigenvalue weighted by Crippen LogP contribution is 2.32. The summed E-state index contributed by atoms with van der Waals surface area (Å²) in [4.78, 5) is 11.8. The van der Waals surface area contributed by atoms with Crippen molar-refractivity contribution in [3.63, 3.8) is 0 Å². The van der Waals surface area contributed by atoms with E-state index in [-0.39, 0.29) is 6.42 Å². The summed E-state index contributed by atoms with van der Waals surface area (Å²) < 4.78 is 29.7. The van der Waals surface area contributed by atoms with Crippen molar-refractivity contribution >= 4 is 46.3 Å². The van der Waals surface area contributed by atoms with Gasteiger partial charge in [0.25, 0.3) is 11.3 Å². The van der Waals surface area contributed by atoms with Crippen molar-refractivity contribution in [3.05, 3.63) is 77.6 Å². The Morgan fingerprint density at radius 1 is 1.34 bits per heavy atom. The van der Waals surface area contributed by atoms with Gasteiger partial charge in [0.05, 0.1) is 43.0 Å². The Bertz CT molecular complexity index is 1070. The van der Waals surface area contributed by atoms with Crippen LogP contribution in [0.25, 0.3) is 11.8 Å². The lowest BCUT2D eigenvalue weighted by atomic mass is 10.1. The van der Waals surface area contributed by atoms with Crippen LogP contribution in [0.3, 0.4) is 0 Å². The first-order valence-corrected chi connectivity index (χ1v) is 9.91. The number of rotatable bonds is 7. The second kappa shape index (κ2) is 9.04. The fourth-order valence-corrected chi connectivity index (χ4v) is 3.51. The summed E-state index contributed by atoms with van der Waals surface area (Å²) in [7, 11) is 1.29. The van der Waals surface area contributed by atoms with Crippen LogP contribution in [0, 0.1) is 0 Å². The fraction of sp³-hybridized carbons (Fsp3) is 0.100. The smallest absolute Gasteiger partial charge is 0.310 e. The lowest BCUT2D eigenvalue weighted by Crippen LogP contribution is -2.21. The minimum atomic E-state index is -2.41. The molecule has 1 atom stereocenters. The number of carbonyl (C=O) groups excluding carboxylic acids is 1. The molecule has 0 saturated carbocycles. The quantitative estimate of drug-likeness (QED) is 0.448. The van der Waals surface area contributed by atoms with Crippen LogP contribution >= 0.6 is 11.6 Å². The molecule has 1 aromatic heterocycles. The van der Waals surface area contributed by atoms with Gasteiger partial charge in [-0.15, -0.1) is 0 Å². The second-order valence-electron chi connectivity index (χ2n) is 5.99. The zero-order valence-electron chi connectivity index (χ0n) is 15.5. The SMILES string of the molecule is C=Cc1ccc(N(c2cnn(-c3ccc(Cl)cc3)c2)S(=O)O)c(CC(=O)OC)c1. The van der Waals surface area contributed by atoms with Gasteiger partial charge in [0, 0.05) is 5.02 Å². The van der Waals surface area contributed by atoms with Gasteiger partial charge in [-0.2, -0.15) is 5.10 Å². The molecule has 0 aliphatic carbocycles. The number of esters is 1. The zero-order valence-corrected chi connectivity index (χ0v) is 17.1. The molecular weight excluding hydrogens is 414 g/mol. The lowest BCUT2D eigenvalue weighted by molar-refractivity contribution is -0.139. The predicted octanol–water partition coefficient (Wildman–Crippen LogP) is 4.16. The number of aromatic nitrogens is 2. The number of anilines is 2. The molecule has 7 nitrogen and oxygen atoms in total. The Labute approximate surface area is 175 Å². The molecule has 3 aromatic rings. The summed E-state index contributed by atoms with van der Waals surface area (Å²) in [5.74, 6) is -0.465. The lowest BCUT2D eigenvalue weighted by Gasteiger charge is -2.21. The number of hydrogen-bond donors (Lipinski definition) is 1. The van der Waals surface area contributed by atoms with Crippen molar-refractivity contribution in [2.45, 2.75) is 6.42 Å². The molecule has 0 saturated heterocycles. The molecule has 0 fully saturated rings. The molecule has 0 bridgehead atoms. The highest BCUT2D eigenvalue weighted by Gasteiger charge is 2.22. The number of benzene rings is 2. The molecule has 0 amide bonds. The second-order valence-corrected chi connectivity index (χ2v) is 7.25. The Kier molecular flexibility index (Phi) is 6.48. The van der Waals surface area contributed by atoms with Gasteiger partial charge in [-0.05, 0) is 47.5 Å². The van der Waals surface area contributed by atoms with E-state index in [1.807, 2.05) is 0 Å². The Morgan fingerprint density at radius 3 is 2.69 bits per heavy atom. The molecule has 1 N–H and O–H groups in total.